The molecular weight excluding hydrogens is 194 g/mol. The molecule has 2 aliphatic rings. The van der Waals surface area contributed by atoms with E-state index >= 15 is 0 Å². The zero-order chi connectivity index (χ0) is 9.54. The molecule has 1 aromatic rings. The molecule has 2 nitrogen and oxygen atoms in total. The van der Waals surface area contributed by atoms with Crippen LogP contribution in [0.5, 0.6) is 0 Å². The maximum atomic E-state index is 6.26. The number of hydrogen-bond donors (Lipinski definition) is 1. The summed E-state index contributed by atoms with van der Waals surface area (Å²) < 4.78 is 5.83. The number of thiophene rings is 1. The number of ether oxygens (including phenoxy) is 1. The Morgan fingerprint density at radius 1 is 1.50 bits per heavy atom. The molecule has 0 aromatic carbocycles. The number of hydrogen-bond acceptors (Lipinski definition) is 3. The van der Waals surface area contributed by atoms with Crippen LogP contribution in [0, 0.1) is 5.92 Å². The molecule has 3 rings (SSSR count). The highest BCUT2D eigenvalue weighted by Crippen LogP contribution is 2.44. The summed E-state index contributed by atoms with van der Waals surface area (Å²) in [5.74, 6) is 0.562. The fourth-order valence-electron chi connectivity index (χ4n) is 2.75. The van der Waals surface area contributed by atoms with Crippen molar-refractivity contribution in [1.29, 1.82) is 0 Å². The summed E-state index contributed by atoms with van der Waals surface area (Å²) in [4.78, 5) is 1.31. The van der Waals surface area contributed by atoms with E-state index in [1.54, 1.807) is 11.3 Å². The summed E-state index contributed by atoms with van der Waals surface area (Å²) >= 11 is 1.76. The average Bonchev–Trinajstić information content (AvgIpc) is 2.93. The average molecular weight is 209 g/mol. The summed E-state index contributed by atoms with van der Waals surface area (Å²) in [6.07, 6.45) is 4.59. The summed E-state index contributed by atoms with van der Waals surface area (Å²) in [7, 11) is 0. The molecule has 0 aliphatic carbocycles. The van der Waals surface area contributed by atoms with Gasteiger partial charge in [0.1, 0.15) is 0 Å². The Balaban J connectivity index is 1.77. The van der Waals surface area contributed by atoms with Crippen LogP contribution in [0.25, 0.3) is 0 Å². The lowest BCUT2D eigenvalue weighted by Gasteiger charge is -2.24. The number of fused-ring (bicyclic) bond motifs is 2. The van der Waals surface area contributed by atoms with Crippen LogP contribution >= 0.6 is 11.3 Å². The smallest absolute Gasteiger partial charge is 0.0627 e. The van der Waals surface area contributed by atoms with Gasteiger partial charge in [-0.15, -0.1) is 11.3 Å². The Hall–Kier alpha value is -0.380. The minimum atomic E-state index is 0.199. The largest absolute Gasteiger partial charge is 0.375 e. The molecule has 14 heavy (non-hydrogen) atoms. The molecule has 2 bridgehead atoms. The summed E-state index contributed by atoms with van der Waals surface area (Å²) in [6.45, 7) is 0. The van der Waals surface area contributed by atoms with Gasteiger partial charge >= 0.3 is 0 Å². The van der Waals surface area contributed by atoms with Crippen molar-refractivity contribution in [2.24, 2.45) is 11.7 Å². The molecule has 1 aromatic heterocycles. The molecule has 2 N–H and O–H groups in total. The number of rotatable bonds is 2. The molecule has 0 amide bonds. The predicted molar refractivity (Wildman–Crippen MR) is 57.2 cm³/mol. The van der Waals surface area contributed by atoms with E-state index in [1.165, 1.54) is 24.1 Å². The van der Waals surface area contributed by atoms with Crippen molar-refractivity contribution in [2.45, 2.75) is 37.5 Å². The third-order valence-corrected chi connectivity index (χ3v) is 4.46. The maximum Gasteiger partial charge on any atom is 0.0627 e. The van der Waals surface area contributed by atoms with Gasteiger partial charge in [-0.25, -0.2) is 0 Å². The van der Waals surface area contributed by atoms with Crippen molar-refractivity contribution in [3.63, 3.8) is 0 Å². The van der Waals surface area contributed by atoms with E-state index in [0.717, 1.165) is 0 Å². The van der Waals surface area contributed by atoms with Gasteiger partial charge in [0.25, 0.3) is 0 Å². The Morgan fingerprint density at radius 3 is 3.00 bits per heavy atom. The molecule has 0 saturated carbocycles. The van der Waals surface area contributed by atoms with E-state index in [4.69, 9.17) is 10.5 Å². The first kappa shape index (κ1) is 8.89. The summed E-state index contributed by atoms with van der Waals surface area (Å²) in [5.41, 5.74) is 6.26. The van der Waals surface area contributed by atoms with Gasteiger partial charge < -0.3 is 10.5 Å². The van der Waals surface area contributed by atoms with Crippen LogP contribution in [-0.4, -0.2) is 12.2 Å². The topological polar surface area (TPSA) is 35.2 Å². The van der Waals surface area contributed by atoms with Crippen LogP contribution in [0.15, 0.2) is 17.5 Å². The standard InChI is InChI=1S/C11H15NOS/c12-11(10-2-1-5-14-10)8-6-7-3-4-9(8)13-7/h1-2,5,7-9,11H,3-4,6,12H2. The van der Waals surface area contributed by atoms with E-state index in [9.17, 15) is 0 Å². The Labute approximate surface area is 88.1 Å². The van der Waals surface area contributed by atoms with Crippen molar-refractivity contribution >= 4 is 11.3 Å². The fourth-order valence-corrected chi connectivity index (χ4v) is 3.55. The molecule has 76 valence electrons. The second-order valence-corrected chi connectivity index (χ2v) is 5.29. The minimum Gasteiger partial charge on any atom is -0.375 e. The van der Waals surface area contributed by atoms with E-state index in [-0.39, 0.29) is 6.04 Å². The SMILES string of the molecule is NC(c1cccs1)C1CC2CCC1O2. The van der Waals surface area contributed by atoms with Gasteiger partial charge in [-0.3, -0.25) is 0 Å². The van der Waals surface area contributed by atoms with E-state index in [2.05, 4.69) is 17.5 Å². The Bertz CT molecular complexity index is 311. The van der Waals surface area contributed by atoms with Crippen molar-refractivity contribution in [1.82, 2.24) is 0 Å². The molecule has 0 radical (unpaired) electrons. The van der Waals surface area contributed by atoms with Crippen LogP contribution < -0.4 is 5.73 Å². The molecule has 0 spiro atoms. The molecule has 2 fully saturated rings. The molecule has 4 atom stereocenters. The van der Waals surface area contributed by atoms with Gasteiger partial charge in [-0.1, -0.05) is 6.07 Å². The quantitative estimate of drug-likeness (QED) is 0.811. The van der Waals surface area contributed by atoms with E-state index in [0.29, 0.717) is 18.1 Å². The van der Waals surface area contributed by atoms with Crippen LogP contribution in [0.1, 0.15) is 30.2 Å². The highest BCUT2D eigenvalue weighted by atomic mass is 32.1. The first-order valence-electron chi connectivity index (χ1n) is 5.29. The third kappa shape index (κ3) is 1.31. The van der Waals surface area contributed by atoms with Crippen LogP contribution in [0.4, 0.5) is 0 Å². The van der Waals surface area contributed by atoms with Crippen LogP contribution in [-0.2, 0) is 4.74 Å². The second kappa shape index (κ2) is 3.33. The lowest BCUT2D eigenvalue weighted by atomic mass is 9.84. The monoisotopic (exact) mass is 209 g/mol. The van der Waals surface area contributed by atoms with Gasteiger partial charge in [0.05, 0.1) is 12.2 Å². The van der Waals surface area contributed by atoms with Crippen LogP contribution in [0.2, 0.25) is 0 Å². The fraction of sp³-hybridized carbons (Fsp3) is 0.636. The highest BCUT2D eigenvalue weighted by Gasteiger charge is 2.43. The normalized spacial score (nSPS) is 37.6. The summed E-state index contributed by atoms with van der Waals surface area (Å²) in [6, 6.07) is 4.42. The Kier molecular flexibility index (Phi) is 2.11. The van der Waals surface area contributed by atoms with Crippen molar-refractivity contribution in [3.8, 4) is 0 Å². The van der Waals surface area contributed by atoms with Crippen LogP contribution in [0.3, 0.4) is 0 Å². The first-order chi connectivity index (χ1) is 6.84. The van der Waals surface area contributed by atoms with Crippen molar-refractivity contribution in [3.05, 3.63) is 22.4 Å². The molecule has 2 aliphatic heterocycles. The zero-order valence-corrected chi connectivity index (χ0v) is 8.87. The highest BCUT2D eigenvalue weighted by molar-refractivity contribution is 7.10. The lowest BCUT2D eigenvalue weighted by Crippen LogP contribution is -2.28. The maximum absolute atomic E-state index is 6.26. The Morgan fingerprint density at radius 2 is 2.43 bits per heavy atom. The van der Waals surface area contributed by atoms with E-state index < -0.39 is 0 Å². The molecular formula is C11H15NOS. The molecule has 3 heteroatoms. The van der Waals surface area contributed by atoms with Gasteiger partial charge in [-0.05, 0) is 30.7 Å². The minimum absolute atomic E-state index is 0.199. The predicted octanol–water partition coefficient (Wildman–Crippen LogP) is 2.32. The van der Waals surface area contributed by atoms with Gasteiger partial charge in [0, 0.05) is 16.8 Å². The first-order valence-corrected chi connectivity index (χ1v) is 6.17. The molecule has 3 heterocycles. The van der Waals surface area contributed by atoms with Gasteiger partial charge in [-0.2, -0.15) is 0 Å². The van der Waals surface area contributed by atoms with Gasteiger partial charge in [0.2, 0.25) is 0 Å². The summed E-state index contributed by atoms with van der Waals surface area (Å²) in [5, 5.41) is 2.10. The second-order valence-electron chi connectivity index (χ2n) is 4.31. The zero-order valence-electron chi connectivity index (χ0n) is 8.06. The molecule has 2 saturated heterocycles. The number of nitrogens with two attached hydrogens (primary N) is 1. The third-order valence-electron chi connectivity index (χ3n) is 3.49. The van der Waals surface area contributed by atoms with Gasteiger partial charge in [0.15, 0.2) is 0 Å². The van der Waals surface area contributed by atoms with Crippen molar-refractivity contribution < 1.29 is 4.74 Å². The molecule has 4 unspecified atom stereocenters. The van der Waals surface area contributed by atoms with E-state index in [1.807, 2.05) is 0 Å². The van der Waals surface area contributed by atoms with Crippen molar-refractivity contribution in [2.75, 3.05) is 0 Å². The lowest BCUT2D eigenvalue weighted by molar-refractivity contribution is 0.0887.